The number of halogens is 1. The molecule has 0 saturated heterocycles. The minimum atomic E-state index is -0.291. The van der Waals surface area contributed by atoms with Gasteiger partial charge in [-0.3, -0.25) is 4.79 Å². The van der Waals surface area contributed by atoms with Gasteiger partial charge in [-0.1, -0.05) is 70.5 Å². The number of unbranched alkanes of at least 4 members (excludes halogenated alkanes) is 1. The molecule has 3 nitrogen and oxygen atoms in total. The van der Waals surface area contributed by atoms with Gasteiger partial charge in [0.1, 0.15) is 11.6 Å². The summed E-state index contributed by atoms with van der Waals surface area (Å²) in [5, 5.41) is 3.40. The van der Waals surface area contributed by atoms with Crippen molar-refractivity contribution >= 4 is 11.5 Å². The fourth-order valence-electron chi connectivity index (χ4n) is 3.59. The summed E-state index contributed by atoms with van der Waals surface area (Å²) in [6, 6.07) is 21.7. The Morgan fingerprint density at radius 1 is 0.939 bits per heavy atom. The molecular weight excluding hydrogens is 413 g/mol. The number of carbonyl (C=O) groups is 1. The number of benzene rings is 3. The summed E-state index contributed by atoms with van der Waals surface area (Å²) in [5.74, 6) is 0.580. The molecule has 0 radical (unpaired) electrons. The molecule has 4 heteroatoms. The number of hydrogen-bond acceptors (Lipinski definition) is 3. The lowest BCUT2D eigenvalue weighted by atomic mass is 9.86. The predicted octanol–water partition coefficient (Wildman–Crippen LogP) is 7.73. The van der Waals surface area contributed by atoms with Crippen LogP contribution in [0.25, 0.3) is 0 Å². The molecule has 0 aromatic heterocycles. The predicted molar refractivity (Wildman–Crippen MR) is 134 cm³/mol. The minimum absolute atomic E-state index is 0.0369. The molecule has 174 valence electrons. The fourth-order valence-corrected chi connectivity index (χ4v) is 3.59. The van der Waals surface area contributed by atoms with Crippen molar-refractivity contribution in [1.82, 2.24) is 0 Å². The first-order chi connectivity index (χ1) is 15.8. The quantitative estimate of drug-likeness (QED) is 0.255. The summed E-state index contributed by atoms with van der Waals surface area (Å²) in [5.41, 5.74) is 3.66. The van der Waals surface area contributed by atoms with E-state index in [1.54, 1.807) is 12.1 Å². The standard InChI is InChI=1S/C29H34FNO2/c1-5-6-19-33-26-17-9-21(10-18-26)27(31-25-15-13-24(30)14-16-25)20-28(32)22-7-11-23(12-8-22)29(2,3)4/h7-18,27,31H,5-6,19-20H2,1-4H3/t27-/m1/s1. The summed E-state index contributed by atoms with van der Waals surface area (Å²) in [6.45, 7) is 9.29. The van der Waals surface area contributed by atoms with E-state index >= 15 is 0 Å². The molecule has 1 N–H and O–H groups in total. The van der Waals surface area contributed by atoms with E-state index in [1.807, 2.05) is 48.5 Å². The highest BCUT2D eigenvalue weighted by Gasteiger charge is 2.19. The Morgan fingerprint density at radius 2 is 1.58 bits per heavy atom. The summed E-state index contributed by atoms with van der Waals surface area (Å²) >= 11 is 0. The minimum Gasteiger partial charge on any atom is -0.494 e. The maximum Gasteiger partial charge on any atom is 0.165 e. The van der Waals surface area contributed by atoms with Crippen molar-refractivity contribution in [2.24, 2.45) is 0 Å². The van der Waals surface area contributed by atoms with Crippen LogP contribution in [0.1, 0.15) is 74.5 Å². The maximum absolute atomic E-state index is 13.4. The van der Waals surface area contributed by atoms with Crippen LogP contribution < -0.4 is 10.1 Å². The van der Waals surface area contributed by atoms with Crippen molar-refractivity contribution < 1.29 is 13.9 Å². The Morgan fingerprint density at radius 3 is 2.15 bits per heavy atom. The number of nitrogens with one attached hydrogen (secondary N) is 1. The number of carbonyl (C=O) groups excluding carboxylic acids is 1. The third kappa shape index (κ3) is 7.18. The zero-order valence-corrected chi connectivity index (χ0v) is 20.0. The van der Waals surface area contributed by atoms with Crippen LogP contribution in [0.2, 0.25) is 0 Å². The van der Waals surface area contributed by atoms with Crippen molar-refractivity contribution in [3.8, 4) is 5.75 Å². The number of hydrogen-bond donors (Lipinski definition) is 1. The molecule has 0 bridgehead atoms. The Hall–Kier alpha value is -3.14. The van der Waals surface area contributed by atoms with E-state index in [2.05, 4.69) is 33.0 Å². The summed E-state index contributed by atoms with van der Waals surface area (Å²) < 4.78 is 19.1. The van der Waals surface area contributed by atoms with Gasteiger partial charge in [0.05, 0.1) is 12.6 Å². The first kappa shape index (κ1) is 24.5. The molecule has 0 saturated carbocycles. The summed E-state index contributed by atoms with van der Waals surface area (Å²) in [7, 11) is 0. The molecule has 0 aliphatic carbocycles. The van der Waals surface area contributed by atoms with Crippen molar-refractivity contribution in [2.45, 2.75) is 58.4 Å². The van der Waals surface area contributed by atoms with E-state index in [1.165, 1.54) is 17.7 Å². The molecule has 1 atom stereocenters. The molecule has 0 fully saturated rings. The monoisotopic (exact) mass is 447 g/mol. The normalized spacial score (nSPS) is 12.3. The molecule has 0 aliphatic heterocycles. The highest BCUT2D eigenvalue weighted by Crippen LogP contribution is 2.28. The lowest BCUT2D eigenvalue weighted by Crippen LogP contribution is -2.16. The van der Waals surface area contributed by atoms with Crippen LogP contribution in [0, 0.1) is 5.82 Å². The van der Waals surface area contributed by atoms with E-state index in [9.17, 15) is 9.18 Å². The second-order valence-electron chi connectivity index (χ2n) is 9.43. The molecule has 0 spiro atoms. The second kappa shape index (κ2) is 11.1. The van der Waals surface area contributed by atoms with Gasteiger partial charge in [-0.2, -0.15) is 0 Å². The van der Waals surface area contributed by atoms with Gasteiger partial charge in [-0.15, -0.1) is 0 Å². The average molecular weight is 448 g/mol. The van der Waals surface area contributed by atoms with Crippen molar-refractivity contribution in [1.29, 1.82) is 0 Å². The first-order valence-corrected chi connectivity index (χ1v) is 11.6. The Bertz CT molecular complexity index is 1020. The highest BCUT2D eigenvalue weighted by molar-refractivity contribution is 5.96. The molecule has 3 aromatic rings. The van der Waals surface area contributed by atoms with E-state index in [-0.39, 0.29) is 29.5 Å². The van der Waals surface area contributed by atoms with Gasteiger partial charge in [0, 0.05) is 17.7 Å². The SMILES string of the molecule is CCCCOc1ccc([C@@H](CC(=O)c2ccc(C(C)(C)C)cc2)Nc2ccc(F)cc2)cc1. The topological polar surface area (TPSA) is 38.3 Å². The molecular formula is C29H34FNO2. The first-order valence-electron chi connectivity index (χ1n) is 11.6. The van der Waals surface area contributed by atoms with Crippen LogP contribution in [0.4, 0.5) is 10.1 Å². The smallest absolute Gasteiger partial charge is 0.165 e. The molecule has 3 aromatic carbocycles. The van der Waals surface area contributed by atoms with Crippen LogP contribution in [0.15, 0.2) is 72.8 Å². The Labute approximate surface area is 197 Å². The Kier molecular flexibility index (Phi) is 8.26. The van der Waals surface area contributed by atoms with Crippen LogP contribution in [-0.2, 0) is 5.41 Å². The number of ketones is 1. The van der Waals surface area contributed by atoms with Crippen LogP contribution >= 0.6 is 0 Å². The highest BCUT2D eigenvalue weighted by atomic mass is 19.1. The van der Waals surface area contributed by atoms with Crippen LogP contribution in [0.5, 0.6) is 5.75 Å². The molecule has 0 aliphatic rings. The molecule has 3 rings (SSSR count). The lowest BCUT2D eigenvalue weighted by Gasteiger charge is -2.21. The van der Waals surface area contributed by atoms with Gasteiger partial charge >= 0.3 is 0 Å². The zero-order chi connectivity index (χ0) is 23.8. The third-order valence-electron chi connectivity index (χ3n) is 5.70. The lowest BCUT2D eigenvalue weighted by molar-refractivity contribution is 0.0976. The van der Waals surface area contributed by atoms with Crippen molar-refractivity contribution in [3.63, 3.8) is 0 Å². The van der Waals surface area contributed by atoms with Gasteiger partial charge in [-0.05, 0) is 59.4 Å². The van der Waals surface area contributed by atoms with Gasteiger partial charge in [0.25, 0.3) is 0 Å². The number of Topliss-reactive ketones (excluding diaryl/α,β-unsaturated/α-hetero) is 1. The van der Waals surface area contributed by atoms with E-state index in [0.717, 1.165) is 29.8 Å². The number of ether oxygens (including phenoxy) is 1. The third-order valence-corrected chi connectivity index (χ3v) is 5.70. The number of anilines is 1. The number of rotatable bonds is 10. The molecule has 0 amide bonds. The van der Waals surface area contributed by atoms with Gasteiger partial charge in [-0.25, -0.2) is 4.39 Å². The Balaban J connectivity index is 1.79. The second-order valence-corrected chi connectivity index (χ2v) is 9.43. The van der Waals surface area contributed by atoms with Crippen molar-refractivity contribution in [3.05, 3.63) is 95.3 Å². The van der Waals surface area contributed by atoms with Crippen molar-refractivity contribution in [2.75, 3.05) is 11.9 Å². The van der Waals surface area contributed by atoms with E-state index < -0.39 is 0 Å². The fraction of sp³-hybridized carbons (Fsp3) is 0.345. The molecule has 0 heterocycles. The molecule has 33 heavy (non-hydrogen) atoms. The van der Waals surface area contributed by atoms with Crippen LogP contribution in [0.3, 0.4) is 0 Å². The zero-order valence-electron chi connectivity index (χ0n) is 20.0. The van der Waals surface area contributed by atoms with Gasteiger partial charge in [0.15, 0.2) is 5.78 Å². The van der Waals surface area contributed by atoms with Gasteiger partial charge in [0.2, 0.25) is 0 Å². The van der Waals surface area contributed by atoms with Gasteiger partial charge < -0.3 is 10.1 Å². The summed E-state index contributed by atoms with van der Waals surface area (Å²) in [6.07, 6.45) is 2.38. The maximum atomic E-state index is 13.4. The van der Waals surface area contributed by atoms with E-state index in [4.69, 9.17) is 4.74 Å². The largest absolute Gasteiger partial charge is 0.494 e. The van der Waals surface area contributed by atoms with Crippen LogP contribution in [-0.4, -0.2) is 12.4 Å². The van der Waals surface area contributed by atoms with E-state index in [0.29, 0.717) is 12.2 Å². The summed E-state index contributed by atoms with van der Waals surface area (Å²) in [4.78, 5) is 13.2. The molecule has 0 unspecified atom stereocenters. The average Bonchev–Trinajstić information content (AvgIpc) is 2.80.